The number of aryl methyl sites for hydroxylation is 1. The third kappa shape index (κ3) is 2.81. The van der Waals surface area contributed by atoms with Crippen molar-refractivity contribution in [2.75, 3.05) is 0 Å². The molecule has 1 aromatic carbocycles. The fourth-order valence-electron chi connectivity index (χ4n) is 1.77. The average Bonchev–Trinajstić information content (AvgIpc) is 2.40. The van der Waals surface area contributed by atoms with Gasteiger partial charge in [0.1, 0.15) is 11.9 Å². The molecule has 0 fully saturated rings. The maximum Gasteiger partial charge on any atom is 0.123 e. The number of hydrogen-bond donors (Lipinski definition) is 0. The van der Waals surface area contributed by atoms with Gasteiger partial charge in [-0.15, -0.1) is 0 Å². The summed E-state index contributed by atoms with van der Waals surface area (Å²) in [6, 6.07) is 9.79. The summed E-state index contributed by atoms with van der Waals surface area (Å²) in [5.74, 6) is -0.326. The van der Waals surface area contributed by atoms with Gasteiger partial charge in [-0.05, 0) is 47.9 Å². The van der Waals surface area contributed by atoms with Crippen molar-refractivity contribution in [1.82, 2.24) is 4.98 Å². The lowest BCUT2D eigenvalue weighted by molar-refractivity contribution is 0.626. The minimum Gasteiger partial charge on any atom is -0.265 e. The fourth-order valence-corrected chi connectivity index (χ4v) is 2.13. The first-order chi connectivity index (χ1) is 9.13. The standard InChI is InChI=1S/C15H10ClFN2/c1-10-8-12(17)2-3-13(10)15(16)14(9-18)11-4-6-19-7-5-11/h2-8H,1H3/b15-14+. The Morgan fingerprint density at radius 1 is 1.26 bits per heavy atom. The number of rotatable bonds is 2. The summed E-state index contributed by atoms with van der Waals surface area (Å²) in [6.07, 6.45) is 3.18. The molecule has 0 unspecified atom stereocenters. The minimum absolute atomic E-state index is 0.311. The van der Waals surface area contributed by atoms with E-state index in [1.165, 1.54) is 12.1 Å². The van der Waals surface area contributed by atoms with Crippen molar-refractivity contribution >= 4 is 22.2 Å². The minimum atomic E-state index is -0.326. The van der Waals surface area contributed by atoms with Crippen LogP contribution in [0.1, 0.15) is 16.7 Å². The van der Waals surface area contributed by atoms with Crippen molar-refractivity contribution in [3.05, 3.63) is 65.2 Å². The molecule has 0 bridgehead atoms. The molecular formula is C15H10ClFN2. The summed E-state index contributed by atoms with van der Waals surface area (Å²) in [6.45, 7) is 1.75. The van der Waals surface area contributed by atoms with Gasteiger partial charge in [-0.1, -0.05) is 17.7 Å². The number of benzene rings is 1. The first kappa shape index (κ1) is 13.3. The van der Waals surface area contributed by atoms with E-state index in [2.05, 4.69) is 11.1 Å². The second kappa shape index (κ2) is 5.64. The Morgan fingerprint density at radius 2 is 1.95 bits per heavy atom. The SMILES string of the molecule is Cc1cc(F)ccc1/C(Cl)=C(/C#N)c1ccncc1. The van der Waals surface area contributed by atoms with Gasteiger partial charge in [-0.2, -0.15) is 5.26 Å². The topological polar surface area (TPSA) is 36.7 Å². The molecular weight excluding hydrogens is 263 g/mol. The number of allylic oxidation sites excluding steroid dienone is 1. The molecule has 0 atom stereocenters. The van der Waals surface area contributed by atoms with Gasteiger partial charge in [0.2, 0.25) is 0 Å². The third-order valence-corrected chi connectivity index (χ3v) is 3.12. The van der Waals surface area contributed by atoms with Crippen LogP contribution in [0.3, 0.4) is 0 Å². The Kier molecular flexibility index (Phi) is 3.94. The van der Waals surface area contributed by atoms with Crippen molar-refractivity contribution < 1.29 is 4.39 Å². The molecule has 0 aliphatic rings. The highest BCUT2D eigenvalue weighted by atomic mass is 35.5. The van der Waals surface area contributed by atoms with Gasteiger partial charge in [0, 0.05) is 12.4 Å². The molecule has 94 valence electrons. The van der Waals surface area contributed by atoms with Gasteiger partial charge in [0.25, 0.3) is 0 Å². The monoisotopic (exact) mass is 272 g/mol. The summed E-state index contributed by atoms with van der Waals surface area (Å²) in [4.78, 5) is 3.90. The van der Waals surface area contributed by atoms with Crippen molar-refractivity contribution in [3.8, 4) is 6.07 Å². The molecule has 2 nitrogen and oxygen atoms in total. The first-order valence-electron chi connectivity index (χ1n) is 5.60. The zero-order valence-electron chi connectivity index (χ0n) is 10.2. The van der Waals surface area contributed by atoms with Crippen molar-refractivity contribution in [3.63, 3.8) is 0 Å². The summed E-state index contributed by atoms with van der Waals surface area (Å²) >= 11 is 6.28. The molecule has 0 radical (unpaired) electrons. The highest BCUT2D eigenvalue weighted by Crippen LogP contribution is 2.31. The molecule has 0 aliphatic heterocycles. The molecule has 0 aliphatic carbocycles. The van der Waals surface area contributed by atoms with E-state index in [0.717, 1.165) is 0 Å². The van der Waals surface area contributed by atoms with Crippen LogP contribution in [0.25, 0.3) is 10.6 Å². The van der Waals surface area contributed by atoms with Gasteiger partial charge >= 0.3 is 0 Å². The number of aromatic nitrogens is 1. The van der Waals surface area contributed by atoms with Gasteiger partial charge in [0.15, 0.2) is 0 Å². The number of hydrogen-bond acceptors (Lipinski definition) is 2. The second-order valence-corrected chi connectivity index (χ2v) is 4.37. The third-order valence-electron chi connectivity index (χ3n) is 2.73. The lowest BCUT2D eigenvalue weighted by Gasteiger charge is -2.07. The summed E-state index contributed by atoms with van der Waals surface area (Å²) in [5.41, 5.74) is 2.37. The molecule has 0 saturated heterocycles. The van der Waals surface area contributed by atoms with Crippen LogP contribution in [0.5, 0.6) is 0 Å². The van der Waals surface area contributed by atoms with Gasteiger partial charge in [-0.3, -0.25) is 4.98 Å². The van der Waals surface area contributed by atoms with Crippen LogP contribution in [0, 0.1) is 24.1 Å². The Balaban J connectivity index is 2.59. The van der Waals surface area contributed by atoms with Crippen LogP contribution in [0.15, 0.2) is 42.7 Å². The largest absolute Gasteiger partial charge is 0.265 e. The zero-order valence-corrected chi connectivity index (χ0v) is 10.9. The maximum atomic E-state index is 13.1. The van der Waals surface area contributed by atoms with E-state index in [0.29, 0.717) is 27.3 Å². The van der Waals surface area contributed by atoms with Gasteiger partial charge in [-0.25, -0.2) is 4.39 Å². The van der Waals surface area contributed by atoms with Crippen LogP contribution < -0.4 is 0 Å². The van der Waals surface area contributed by atoms with Crippen molar-refractivity contribution in [2.24, 2.45) is 0 Å². The number of nitriles is 1. The average molecular weight is 273 g/mol. The predicted molar refractivity (Wildman–Crippen MR) is 73.7 cm³/mol. The molecule has 2 aromatic rings. The first-order valence-corrected chi connectivity index (χ1v) is 5.98. The van der Waals surface area contributed by atoms with E-state index in [9.17, 15) is 9.65 Å². The molecule has 2 rings (SSSR count). The number of pyridine rings is 1. The van der Waals surface area contributed by atoms with E-state index in [4.69, 9.17) is 11.6 Å². The summed E-state index contributed by atoms with van der Waals surface area (Å²) < 4.78 is 13.1. The molecule has 0 spiro atoms. The Morgan fingerprint density at radius 3 is 2.53 bits per heavy atom. The van der Waals surface area contributed by atoms with Crippen molar-refractivity contribution in [1.29, 1.82) is 5.26 Å². The van der Waals surface area contributed by atoms with Crippen LogP contribution in [0.4, 0.5) is 4.39 Å². The van der Waals surface area contributed by atoms with Crippen LogP contribution in [-0.4, -0.2) is 4.98 Å². The van der Waals surface area contributed by atoms with Crippen LogP contribution in [0.2, 0.25) is 0 Å². The Bertz CT molecular complexity index is 672. The zero-order chi connectivity index (χ0) is 13.8. The molecule has 0 saturated carbocycles. The van der Waals surface area contributed by atoms with Crippen LogP contribution in [-0.2, 0) is 0 Å². The summed E-state index contributed by atoms with van der Waals surface area (Å²) in [5, 5.41) is 9.58. The lowest BCUT2D eigenvalue weighted by Crippen LogP contribution is -1.90. The van der Waals surface area contributed by atoms with E-state index >= 15 is 0 Å². The number of halogens is 2. The lowest BCUT2D eigenvalue weighted by atomic mass is 10.0. The Hall–Kier alpha value is -2.18. The maximum absolute atomic E-state index is 13.1. The quantitative estimate of drug-likeness (QED) is 0.770. The van der Waals surface area contributed by atoms with Gasteiger partial charge < -0.3 is 0 Å². The van der Waals surface area contributed by atoms with E-state index in [-0.39, 0.29) is 5.82 Å². The molecule has 1 heterocycles. The number of nitrogens with zero attached hydrogens (tertiary/aromatic N) is 2. The summed E-state index contributed by atoms with van der Waals surface area (Å²) in [7, 11) is 0. The van der Waals surface area contributed by atoms with E-state index < -0.39 is 0 Å². The second-order valence-electron chi connectivity index (χ2n) is 4.00. The van der Waals surface area contributed by atoms with Gasteiger partial charge in [0.05, 0.1) is 10.6 Å². The molecule has 1 aromatic heterocycles. The molecule has 4 heteroatoms. The predicted octanol–water partition coefficient (Wildman–Crippen LogP) is 4.16. The highest BCUT2D eigenvalue weighted by molar-refractivity contribution is 6.53. The highest BCUT2D eigenvalue weighted by Gasteiger charge is 2.11. The Labute approximate surface area is 115 Å². The van der Waals surface area contributed by atoms with Crippen LogP contribution >= 0.6 is 11.6 Å². The van der Waals surface area contributed by atoms with E-state index in [1.54, 1.807) is 37.5 Å². The van der Waals surface area contributed by atoms with Crippen molar-refractivity contribution in [2.45, 2.75) is 6.92 Å². The molecule has 0 amide bonds. The normalized spacial score (nSPS) is 11.7. The fraction of sp³-hybridized carbons (Fsp3) is 0.0667. The molecule has 0 N–H and O–H groups in total. The smallest absolute Gasteiger partial charge is 0.123 e. The molecule has 19 heavy (non-hydrogen) atoms. The van der Waals surface area contributed by atoms with E-state index in [1.807, 2.05) is 0 Å².